The van der Waals surface area contributed by atoms with Gasteiger partial charge in [-0.3, -0.25) is 0 Å². The number of H-pyrrole nitrogens is 1. The second-order valence-corrected chi connectivity index (χ2v) is 8.14. The molecule has 1 heterocycles. The fourth-order valence-electron chi connectivity index (χ4n) is 4.64. The topological polar surface area (TPSA) is 63.7 Å². The molecule has 5 nitrogen and oxygen atoms in total. The number of methoxy groups -OCH3 is 1. The van der Waals surface area contributed by atoms with Gasteiger partial charge in [-0.15, -0.1) is 5.10 Å². The third kappa shape index (κ3) is 3.99. The molecule has 0 saturated heterocycles. The molecule has 0 fully saturated rings. The number of rotatable bonds is 3. The average molecular weight is 423 g/mol. The molecule has 0 unspecified atom stereocenters. The van der Waals surface area contributed by atoms with E-state index in [9.17, 15) is 0 Å². The second kappa shape index (κ2) is 9.28. The Bertz CT molecular complexity index is 1300. The van der Waals surface area contributed by atoms with Gasteiger partial charge in [0, 0.05) is 12.7 Å². The van der Waals surface area contributed by atoms with Gasteiger partial charge in [-0.2, -0.15) is 0 Å². The Hall–Kier alpha value is -3.57. The third-order valence-corrected chi connectivity index (χ3v) is 6.14. The number of aromatic amines is 1. The van der Waals surface area contributed by atoms with Crippen molar-refractivity contribution in [2.24, 2.45) is 0 Å². The normalized spacial score (nSPS) is 12.9. The molecule has 0 aliphatic heterocycles. The SMILES string of the molecule is COCc1cc2c3c(ccc2c2ccc(-c4nnn[nH]4)cc12)CCCC3.c1ccccc1. The number of hydrogen-bond acceptors (Lipinski definition) is 4. The van der Waals surface area contributed by atoms with Crippen LogP contribution in [0.15, 0.2) is 72.8 Å². The van der Waals surface area contributed by atoms with Crippen molar-refractivity contribution in [1.82, 2.24) is 20.6 Å². The van der Waals surface area contributed by atoms with Crippen molar-refractivity contribution >= 4 is 21.5 Å². The number of nitrogens with one attached hydrogen (secondary N) is 1. The standard InChI is InChI=1S/C21H20N4O.C6H6/c1-26-12-15-11-20-16-5-3-2-4-13(16)6-8-18(20)17-9-7-14(10-19(15)17)21-22-24-25-23-21;1-2-4-6-5-3-1/h6-11H,2-5,12H2,1H3,(H,22,23,24,25);1-6H. The van der Waals surface area contributed by atoms with Gasteiger partial charge in [-0.25, -0.2) is 5.10 Å². The predicted octanol–water partition coefficient (Wildman–Crippen LogP) is 5.88. The van der Waals surface area contributed by atoms with Gasteiger partial charge in [0.15, 0.2) is 5.82 Å². The first-order chi connectivity index (χ1) is 15.8. The highest BCUT2D eigenvalue weighted by Crippen LogP contribution is 2.36. The van der Waals surface area contributed by atoms with E-state index in [1.807, 2.05) is 36.4 Å². The van der Waals surface area contributed by atoms with Crippen LogP contribution in [0.5, 0.6) is 0 Å². The largest absolute Gasteiger partial charge is 0.380 e. The van der Waals surface area contributed by atoms with Gasteiger partial charge in [0.1, 0.15) is 0 Å². The molecule has 0 atom stereocenters. The molecule has 4 aromatic carbocycles. The minimum Gasteiger partial charge on any atom is -0.380 e. The lowest BCUT2D eigenvalue weighted by atomic mass is 9.85. The van der Waals surface area contributed by atoms with Gasteiger partial charge in [-0.05, 0) is 86.5 Å². The van der Waals surface area contributed by atoms with Gasteiger partial charge in [-0.1, -0.05) is 60.7 Å². The molecule has 0 radical (unpaired) electrons. The molecule has 5 aromatic rings. The summed E-state index contributed by atoms with van der Waals surface area (Å²) >= 11 is 0. The van der Waals surface area contributed by atoms with E-state index in [4.69, 9.17) is 4.74 Å². The number of nitrogens with zero attached hydrogens (tertiary/aromatic N) is 3. The maximum absolute atomic E-state index is 5.51. The van der Waals surface area contributed by atoms with Crippen LogP contribution in [-0.4, -0.2) is 27.7 Å². The summed E-state index contributed by atoms with van der Waals surface area (Å²) < 4.78 is 5.51. The minimum atomic E-state index is 0.591. The van der Waals surface area contributed by atoms with Crippen molar-refractivity contribution in [1.29, 1.82) is 0 Å². The Balaban J connectivity index is 0.000000314. The van der Waals surface area contributed by atoms with Crippen LogP contribution < -0.4 is 0 Å². The van der Waals surface area contributed by atoms with Crippen LogP contribution >= 0.6 is 0 Å². The van der Waals surface area contributed by atoms with Crippen molar-refractivity contribution < 1.29 is 4.74 Å². The number of tetrazole rings is 1. The van der Waals surface area contributed by atoms with E-state index in [0.29, 0.717) is 12.4 Å². The van der Waals surface area contributed by atoms with Crippen molar-refractivity contribution in [3.63, 3.8) is 0 Å². The lowest BCUT2D eigenvalue weighted by molar-refractivity contribution is 0.186. The molecule has 1 N–H and O–H groups in total. The van der Waals surface area contributed by atoms with Crippen LogP contribution in [-0.2, 0) is 24.2 Å². The zero-order valence-corrected chi connectivity index (χ0v) is 18.2. The lowest BCUT2D eigenvalue weighted by Crippen LogP contribution is -2.04. The van der Waals surface area contributed by atoms with Crippen LogP contribution in [0.2, 0.25) is 0 Å². The number of ether oxygens (including phenoxy) is 1. The van der Waals surface area contributed by atoms with E-state index in [2.05, 4.69) is 57.0 Å². The molecular formula is C27H26N4O. The molecule has 5 heteroatoms. The predicted molar refractivity (Wildman–Crippen MR) is 128 cm³/mol. The van der Waals surface area contributed by atoms with Crippen molar-refractivity contribution in [3.8, 4) is 11.4 Å². The molecular weight excluding hydrogens is 396 g/mol. The molecule has 0 spiro atoms. The quantitative estimate of drug-likeness (QED) is 0.369. The summed E-state index contributed by atoms with van der Waals surface area (Å²) in [7, 11) is 1.75. The molecule has 0 bridgehead atoms. The number of benzene rings is 4. The zero-order chi connectivity index (χ0) is 21.8. The van der Waals surface area contributed by atoms with Crippen LogP contribution in [0.1, 0.15) is 29.5 Å². The molecule has 32 heavy (non-hydrogen) atoms. The molecule has 6 rings (SSSR count). The van der Waals surface area contributed by atoms with Gasteiger partial charge in [0.2, 0.25) is 0 Å². The number of aromatic nitrogens is 4. The van der Waals surface area contributed by atoms with E-state index in [1.165, 1.54) is 63.9 Å². The fraction of sp³-hybridized carbons (Fsp3) is 0.222. The first-order valence-corrected chi connectivity index (χ1v) is 11.1. The monoisotopic (exact) mass is 422 g/mol. The van der Waals surface area contributed by atoms with Crippen LogP contribution in [0.4, 0.5) is 0 Å². The maximum atomic E-state index is 5.51. The number of aryl methyl sites for hydroxylation is 2. The highest BCUT2D eigenvalue weighted by atomic mass is 16.5. The van der Waals surface area contributed by atoms with Crippen molar-refractivity contribution in [3.05, 3.63) is 89.5 Å². The van der Waals surface area contributed by atoms with Gasteiger partial charge in [0.25, 0.3) is 0 Å². The van der Waals surface area contributed by atoms with Crippen LogP contribution in [0, 0.1) is 0 Å². The summed E-state index contributed by atoms with van der Waals surface area (Å²) in [6.07, 6.45) is 4.94. The second-order valence-electron chi connectivity index (χ2n) is 8.14. The van der Waals surface area contributed by atoms with Crippen molar-refractivity contribution in [2.75, 3.05) is 7.11 Å². The molecule has 1 aliphatic rings. The summed E-state index contributed by atoms with van der Waals surface area (Å²) in [6, 6.07) is 25.4. The number of fused-ring (bicyclic) bond motifs is 5. The fourth-order valence-corrected chi connectivity index (χ4v) is 4.64. The Morgan fingerprint density at radius 2 is 1.53 bits per heavy atom. The molecule has 1 aliphatic carbocycles. The maximum Gasteiger partial charge on any atom is 0.179 e. The van der Waals surface area contributed by atoms with Crippen LogP contribution in [0.25, 0.3) is 32.9 Å². The lowest BCUT2D eigenvalue weighted by Gasteiger charge is -2.20. The summed E-state index contributed by atoms with van der Waals surface area (Å²) in [6.45, 7) is 0.591. The van der Waals surface area contributed by atoms with E-state index < -0.39 is 0 Å². The molecule has 0 saturated carbocycles. The van der Waals surface area contributed by atoms with Gasteiger partial charge < -0.3 is 4.74 Å². The van der Waals surface area contributed by atoms with E-state index in [1.54, 1.807) is 7.11 Å². The summed E-state index contributed by atoms with van der Waals surface area (Å²) in [5.41, 5.74) is 5.23. The van der Waals surface area contributed by atoms with Gasteiger partial charge in [0.05, 0.1) is 6.61 Å². The van der Waals surface area contributed by atoms with E-state index in [-0.39, 0.29) is 0 Å². The van der Waals surface area contributed by atoms with Crippen LogP contribution in [0.3, 0.4) is 0 Å². The van der Waals surface area contributed by atoms with E-state index >= 15 is 0 Å². The Morgan fingerprint density at radius 3 is 2.25 bits per heavy atom. The summed E-state index contributed by atoms with van der Waals surface area (Å²) in [5.74, 6) is 0.681. The van der Waals surface area contributed by atoms with E-state index in [0.717, 1.165) is 5.56 Å². The molecule has 0 amide bonds. The molecule has 1 aromatic heterocycles. The molecule has 160 valence electrons. The third-order valence-electron chi connectivity index (χ3n) is 6.14. The highest BCUT2D eigenvalue weighted by molar-refractivity contribution is 6.11. The zero-order valence-electron chi connectivity index (χ0n) is 18.2. The van der Waals surface area contributed by atoms with Crippen molar-refractivity contribution in [2.45, 2.75) is 32.3 Å². The Kier molecular flexibility index (Phi) is 5.90. The first kappa shape index (κ1) is 20.3. The smallest absolute Gasteiger partial charge is 0.179 e. The Labute approximate surface area is 187 Å². The summed E-state index contributed by atoms with van der Waals surface area (Å²) in [5, 5.41) is 19.4. The number of hydrogen-bond donors (Lipinski definition) is 1. The van der Waals surface area contributed by atoms with Gasteiger partial charge >= 0.3 is 0 Å². The highest BCUT2D eigenvalue weighted by Gasteiger charge is 2.16. The first-order valence-electron chi connectivity index (χ1n) is 11.1. The Morgan fingerprint density at radius 1 is 0.812 bits per heavy atom. The minimum absolute atomic E-state index is 0.591. The average Bonchev–Trinajstić information content (AvgIpc) is 3.40. The summed E-state index contributed by atoms with van der Waals surface area (Å²) in [4.78, 5) is 0.